The van der Waals surface area contributed by atoms with Gasteiger partial charge in [-0.15, -0.1) is 0 Å². The fraction of sp³-hybridized carbons (Fsp3) is 0.300. The Kier molecular flexibility index (Phi) is 5.15. The molecular weight excluding hydrogens is 462 g/mol. The maximum Gasteiger partial charge on any atom is 0.146 e. The number of aromatic amines is 1. The molecule has 0 bridgehead atoms. The molecule has 186 valence electrons. The first-order valence-electron chi connectivity index (χ1n) is 13.0. The van der Waals surface area contributed by atoms with Crippen molar-refractivity contribution in [2.45, 2.75) is 25.8 Å². The molecule has 3 heterocycles. The molecule has 0 spiro atoms. The first-order valence-corrected chi connectivity index (χ1v) is 13.0. The third kappa shape index (κ3) is 3.73. The van der Waals surface area contributed by atoms with Crippen molar-refractivity contribution in [1.82, 2.24) is 25.1 Å². The minimum absolute atomic E-state index is 0.221. The van der Waals surface area contributed by atoms with E-state index in [4.69, 9.17) is 9.72 Å². The van der Waals surface area contributed by atoms with E-state index in [0.717, 1.165) is 82.6 Å². The van der Waals surface area contributed by atoms with Gasteiger partial charge in [-0.3, -0.25) is 9.89 Å². The first-order chi connectivity index (χ1) is 18.1. The van der Waals surface area contributed by atoms with Crippen molar-refractivity contribution in [3.63, 3.8) is 0 Å². The van der Waals surface area contributed by atoms with Crippen LogP contribution in [0.3, 0.4) is 0 Å². The summed E-state index contributed by atoms with van der Waals surface area (Å²) in [5.74, 6) is 2.25. The van der Waals surface area contributed by atoms with Gasteiger partial charge >= 0.3 is 0 Å². The predicted molar refractivity (Wildman–Crippen MR) is 144 cm³/mol. The zero-order valence-corrected chi connectivity index (χ0v) is 20.8. The quantitative estimate of drug-likeness (QED) is 0.326. The number of H-pyrrole nitrogens is 1. The summed E-state index contributed by atoms with van der Waals surface area (Å²) in [7, 11) is 1.68. The number of benzene rings is 3. The van der Waals surface area contributed by atoms with Crippen LogP contribution in [-0.2, 0) is 11.3 Å². The van der Waals surface area contributed by atoms with Gasteiger partial charge in [0.15, 0.2) is 0 Å². The molecular formula is C30H29N5O2. The van der Waals surface area contributed by atoms with Gasteiger partial charge in [0.25, 0.3) is 0 Å². The summed E-state index contributed by atoms with van der Waals surface area (Å²) in [4.78, 5) is 18.6. The van der Waals surface area contributed by atoms with Crippen LogP contribution in [0.2, 0.25) is 0 Å². The standard InChI is InChI=1S/C30H29N5O2/c1-37-26-4-2-3-25-27(26)33-29(35(25)18-30(13-14-31-17-30)28(36)20-7-8-20)21-9-5-19(6-10-21)22-11-12-23-16-32-34-24(23)15-22/h2-6,9-12,15-16,20,31H,7-8,13-14,17-18H2,1H3,(H,32,34)/t30-/m0/s1. The predicted octanol–water partition coefficient (Wildman–Crippen LogP) is 5.21. The number of ether oxygens (including phenoxy) is 1. The van der Waals surface area contributed by atoms with Gasteiger partial charge in [-0.2, -0.15) is 5.10 Å². The topological polar surface area (TPSA) is 84.8 Å². The minimum Gasteiger partial charge on any atom is -0.494 e. The van der Waals surface area contributed by atoms with Crippen LogP contribution in [0.1, 0.15) is 19.3 Å². The average Bonchev–Trinajstić information content (AvgIpc) is 3.32. The van der Waals surface area contributed by atoms with E-state index in [1.807, 2.05) is 18.3 Å². The summed E-state index contributed by atoms with van der Waals surface area (Å²) < 4.78 is 7.91. The van der Waals surface area contributed by atoms with Gasteiger partial charge < -0.3 is 14.6 Å². The monoisotopic (exact) mass is 491 g/mol. The second-order valence-corrected chi connectivity index (χ2v) is 10.4. The number of nitrogens with zero attached hydrogens (tertiary/aromatic N) is 3. The Morgan fingerprint density at radius 1 is 1.08 bits per heavy atom. The van der Waals surface area contributed by atoms with Crippen LogP contribution in [0.5, 0.6) is 5.75 Å². The maximum atomic E-state index is 13.5. The molecule has 3 aromatic carbocycles. The largest absolute Gasteiger partial charge is 0.494 e. The highest BCUT2D eigenvalue weighted by molar-refractivity contribution is 5.91. The fourth-order valence-electron chi connectivity index (χ4n) is 5.84. The molecule has 0 radical (unpaired) electrons. The Hall–Kier alpha value is -3.97. The van der Waals surface area contributed by atoms with Crippen LogP contribution < -0.4 is 10.1 Å². The number of nitrogens with one attached hydrogen (secondary N) is 2. The summed E-state index contributed by atoms with van der Waals surface area (Å²) in [6, 6.07) is 20.9. The third-order valence-electron chi connectivity index (χ3n) is 8.06. The number of fused-ring (bicyclic) bond motifs is 2. The van der Waals surface area contributed by atoms with Crippen LogP contribution in [-0.4, -0.2) is 45.7 Å². The van der Waals surface area contributed by atoms with Crippen molar-refractivity contribution in [3.8, 4) is 28.3 Å². The van der Waals surface area contributed by atoms with E-state index in [2.05, 4.69) is 68.6 Å². The molecule has 0 unspecified atom stereocenters. The number of imidazole rings is 1. The van der Waals surface area contributed by atoms with Crippen LogP contribution in [0, 0.1) is 11.3 Å². The zero-order chi connectivity index (χ0) is 25.0. The SMILES string of the molecule is COc1cccc2c1nc(-c1ccc(-c3ccc4cn[nH]c4c3)cc1)n2C[C@]1(C(=O)C2CC2)CCNC1. The Bertz CT molecular complexity index is 1620. The average molecular weight is 492 g/mol. The van der Waals surface area contributed by atoms with Crippen molar-refractivity contribution in [1.29, 1.82) is 0 Å². The molecule has 2 aliphatic rings. The Morgan fingerprint density at radius 2 is 1.89 bits per heavy atom. The zero-order valence-electron chi connectivity index (χ0n) is 20.8. The van der Waals surface area contributed by atoms with Crippen molar-refractivity contribution < 1.29 is 9.53 Å². The Labute approximate surface area is 214 Å². The van der Waals surface area contributed by atoms with E-state index in [9.17, 15) is 4.79 Å². The van der Waals surface area contributed by atoms with E-state index in [-0.39, 0.29) is 5.92 Å². The lowest BCUT2D eigenvalue weighted by Gasteiger charge is -2.28. The first kappa shape index (κ1) is 22.2. The lowest BCUT2D eigenvalue weighted by atomic mass is 9.80. The van der Waals surface area contributed by atoms with Crippen LogP contribution in [0.25, 0.3) is 44.5 Å². The molecule has 2 N–H and O–H groups in total. The molecule has 1 saturated heterocycles. The van der Waals surface area contributed by atoms with Crippen molar-refractivity contribution in [2.75, 3.05) is 20.2 Å². The smallest absolute Gasteiger partial charge is 0.146 e. The van der Waals surface area contributed by atoms with E-state index >= 15 is 0 Å². The van der Waals surface area contributed by atoms with E-state index in [1.54, 1.807) is 7.11 Å². The van der Waals surface area contributed by atoms with Gasteiger partial charge in [0.1, 0.15) is 22.9 Å². The molecule has 5 aromatic rings. The van der Waals surface area contributed by atoms with Crippen molar-refractivity contribution in [3.05, 3.63) is 66.9 Å². The molecule has 1 aliphatic carbocycles. The Morgan fingerprint density at radius 3 is 2.65 bits per heavy atom. The number of para-hydroxylation sites is 1. The Balaban J connectivity index is 1.32. The lowest BCUT2D eigenvalue weighted by molar-refractivity contribution is -0.129. The molecule has 0 amide bonds. The second-order valence-electron chi connectivity index (χ2n) is 10.4. The number of ketones is 1. The van der Waals surface area contributed by atoms with E-state index in [1.165, 1.54) is 0 Å². The van der Waals surface area contributed by atoms with Gasteiger partial charge in [-0.25, -0.2) is 4.98 Å². The lowest BCUT2D eigenvalue weighted by Crippen LogP contribution is -2.39. The number of aromatic nitrogens is 4. The van der Waals surface area contributed by atoms with Crippen LogP contribution in [0.15, 0.2) is 66.9 Å². The number of methoxy groups -OCH3 is 1. The summed E-state index contributed by atoms with van der Waals surface area (Å²) in [5, 5.41) is 11.8. The van der Waals surface area contributed by atoms with E-state index in [0.29, 0.717) is 12.3 Å². The minimum atomic E-state index is -0.397. The molecule has 1 saturated carbocycles. The van der Waals surface area contributed by atoms with Crippen LogP contribution >= 0.6 is 0 Å². The number of Topliss-reactive ketones (excluding diaryl/α,β-unsaturated/α-hetero) is 1. The second kappa shape index (κ2) is 8.56. The molecule has 7 heteroatoms. The molecule has 1 atom stereocenters. The van der Waals surface area contributed by atoms with Gasteiger partial charge in [-0.05, 0) is 55.1 Å². The normalized spacial score (nSPS) is 19.6. The molecule has 2 aromatic heterocycles. The molecule has 2 fully saturated rings. The number of carbonyl (C=O) groups excluding carboxylic acids is 1. The van der Waals surface area contributed by atoms with Crippen molar-refractivity contribution >= 4 is 27.7 Å². The molecule has 7 nitrogen and oxygen atoms in total. The highest BCUT2D eigenvalue weighted by atomic mass is 16.5. The number of hydrogen-bond donors (Lipinski definition) is 2. The summed E-state index contributed by atoms with van der Waals surface area (Å²) >= 11 is 0. The van der Waals surface area contributed by atoms with Crippen LogP contribution in [0.4, 0.5) is 0 Å². The van der Waals surface area contributed by atoms with E-state index < -0.39 is 5.41 Å². The van der Waals surface area contributed by atoms with Gasteiger partial charge in [0, 0.05) is 30.0 Å². The number of rotatable bonds is 7. The maximum absolute atomic E-state index is 13.5. The molecule has 7 rings (SSSR count). The number of hydrogen-bond acceptors (Lipinski definition) is 5. The third-order valence-corrected chi connectivity index (χ3v) is 8.06. The summed E-state index contributed by atoms with van der Waals surface area (Å²) in [5.41, 5.74) is 5.72. The highest BCUT2D eigenvalue weighted by Crippen LogP contribution is 2.43. The summed E-state index contributed by atoms with van der Waals surface area (Å²) in [6.07, 6.45) is 4.75. The van der Waals surface area contributed by atoms with Gasteiger partial charge in [-0.1, -0.05) is 42.5 Å². The van der Waals surface area contributed by atoms with Gasteiger partial charge in [0.2, 0.25) is 0 Å². The molecule has 1 aliphatic heterocycles. The number of carbonyl (C=O) groups is 1. The summed E-state index contributed by atoms with van der Waals surface area (Å²) in [6.45, 7) is 2.21. The van der Waals surface area contributed by atoms with Gasteiger partial charge in [0.05, 0.1) is 29.8 Å². The fourth-order valence-corrected chi connectivity index (χ4v) is 5.84. The van der Waals surface area contributed by atoms with Crippen molar-refractivity contribution in [2.24, 2.45) is 11.3 Å². The highest BCUT2D eigenvalue weighted by Gasteiger charge is 2.48. The molecule has 37 heavy (non-hydrogen) atoms.